The fraction of sp³-hybridized carbons (Fsp3) is 1.00. The lowest BCUT2D eigenvalue weighted by atomic mass is 9.99. The van der Waals surface area contributed by atoms with E-state index in [9.17, 15) is 4.57 Å². The Morgan fingerprint density at radius 1 is 1.08 bits per heavy atom. The molecular formula is C9H18O2P+. The van der Waals surface area contributed by atoms with Crippen LogP contribution in [0.25, 0.3) is 0 Å². The molecule has 2 nitrogen and oxygen atoms in total. The summed E-state index contributed by atoms with van der Waals surface area (Å²) in [6, 6.07) is 0. The first-order valence-electron chi connectivity index (χ1n) is 4.86. The average Bonchev–Trinajstić information content (AvgIpc) is 1.93. The van der Waals surface area contributed by atoms with Crippen LogP contribution in [0.15, 0.2) is 0 Å². The first kappa shape index (κ1) is 10.1. The molecule has 0 amide bonds. The van der Waals surface area contributed by atoms with E-state index in [2.05, 4.69) is 0 Å². The molecule has 0 aromatic carbocycles. The van der Waals surface area contributed by atoms with Gasteiger partial charge in [-0.05, 0) is 17.4 Å². The summed E-state index contributed by atoms with van der Waals surface area (Å²) in [5, 5.41) is 0. The summed E-state index contributed by atoms with van der Waals surface area (Å²) in [7, 11) is -1.39. The molecule has 0 heterocycles. The minimum absolute atomic E-state index is 0.277. The van der Waals surface area contributed by atoms with Crippen molar-refractivity contribution in [2.45, 2.75) is 51.0 Å². The molecule has 0 saturated heterocycles. The Morgan fingerprint density at radius 2 is 1.58 bits per heavy atom. The van der Waals surface area contributed by atoms with Gasteiger partial charge in [-0.2, -0.15) is 0 Å². The highest BCUT2D eigenvalue weighted by atomic mass is 31.1. The molecule has 12 heavy (non-hydrogen) atoms. The third-order valence-corrected chi connectivity index (χ3v) is 2.94. The molecule has 1 saturated carbocycles. The van der Waals surface area contributed by atoms with Crippen molar-refractivity contribution in [3.8, 4) is 0 Å². The lowest BCUT2D eigenvalue weighted by Gasteiger charge is -2.13. The fourth-order valence-electron chi connectivity index (χ4n) is 1.73. The molecule has 0 aliphatic heterocycles. The Kier molecular flexibility index (Phi) is 4.79. The van der Waals surface area contributed by atoms with Crippen LogP contribution in [0.1, 0.15) is 44.9 Å². The van der Waals surface area contributed by atoms with Gasteiger partial charge in [0.15, 0.2) is 6.66 Å². The summed E-state index contributed by atoms with van der Waals surface area (Å²) >= 11 is 0. The highest BCUT2D eigenvalue weighted by Gasteiger charge is 2.19. The molecule has 0 spiro atoms. The van der Waals surface area contributed by atoms with Gasteiger partial charge in [0.05, 0.1) is 0 Å². The fourth-order valence-corrected chi connectivity index (χ4v) is 2.36. The van der Waals surface area contributed by atoms with Crippen molar-refractivity contribution < 1.29 is 9.09 Å². The molecule has 0 aromatic rings. The minimum atomic E-state index is -1.39. The predicted molar refractivity (Wildman–Crippen MR) is 50.7 cm³/mol. The smallest absolute Gasteiger partial charge is 0.143 e. The second-order valence-corrected chi connectivity index (χ2v) is 4.60. The molecule has 0 radical (unpaired) electrons. The zero-order chi connectivity index (χ0) is 8.81. The summed E-state index contributed by atoms with van der Waals surface area (Å²) in [6.07, 6.45) is 8.98. The van der Waals surface area contributed by atoms with Crippen LogP contribution in [0.3, 0.4) is 0 Å². The van der Waals surface area contributed by atoms with Crippen LogP contribution in [-0.2, 0) is 9.09 Å². The highest BCUT2D eigenvalue weighted by Crippen LogP contribution is 2.27. The lowest BCUT2D eigenvalue weighted by molar-refractivity contribution is 0.179. The van der Waals surface area contributed by atoms with Crippen LogP contribution in [0.2, 0.25) is 0 Å². The van der Waals surface area contributed by atoms with Crippen LogP contribution in [0.4, 0.5) is 0 Å². The van der Waals surface area contributed by atoms with E-state index < -0.39 is 8.03 Å². The number of hydrogen-bond acceptors (Lipinski definition) is 2. The van der Waals surface area contributed by atoms with E-state index in [-0.39, 0.29) is 6.10 Å². The van der Waals surface area contributed by atoms with Gasteiger partial charge in [-0.3, -0.25) is 0 Å². The normalized spacial score (nSPS) is 22.9. The maximum Gasteiger partial charge on any atom is 0.505 e. The van der Waals surface area contributed by atoms with E-state index in [4.69, 9.17) is 4.52 Å². The van der Waals surface area contributed by atoms with Crippen molar-refractivity contribution in [1.82, 2.24) is 0 Å². The first-order valence-corrected chi connectivity index (χ1v) is 6.49. The summed E-state index contributed by atoms with van der Waals surface area (Å²) < 4.78 is 16.2. The average molecular weight is 189 g/mol. The van der Waals surface area contributed by atoms with E-state index in [0.717, 1.165) is 12.8 Å². The topological polar surface area (TPSA) is 26.3 Å². The summed E-state index contributed by atoms with van der Waals surface area (Å²) in [5.41, 5.74) is 0. The van der Waals surface area contributed by atoms with Crippen molar-refractivity contribution >= 4 is 8.03 Å². The van der Waals surface area contributed by atoms with E-state index >= 15 is 0 Å². The van der Waals surface area contributed by atoms with Crippen molar-refractivity contribution in [2.24, 2.45) is 0 Å². The molecule has 70 valence electrons. The SMILES string of the molecule is C[P+](=O)OC1CCCCCCC1. The summed E-state index contributed by atoms with van der Waals surface area (Å²) in [4.78, 5) is 0. The van der Waals surface area contributed by atoms with E-state index in [0.29, 0.717) is 0 Å². The van der Waals surface area contributed by atoms with Crippen LogP contribution < -0.4 is 0 Å². The molecule has 0 bridgehead atoms. The van der Waals surface area contributed by atoms with E-state index in [1.165, 1.54) is 32.1 Å². The predicted octanol–water partition coefficient (Wildman–Crippen LogP) is 3.49. The van der Waals surface area contributed by atoms with Crippen molar-refractivity contribution in [3.63, 3.8) is 0 Å². The van der Waals surface area contributed by atoms with Crippen LogP contribution >= 0.6 is 8.03 Å². The van der Waals surface area contributed by atoms with Crippen LogP contribution in [0, 0.1) is 0 Å². The summed E-state index contributed by atoms with van der Waals surface area (Å²) in [6.45, 7) is 1.65. The Hall–Kier alpha value is 0.0600. The van der Waals surface area contributed by atoms with Gasteiger partial charge in [0.25, 0.3) is 0 Å². The van der Waals surface area contributed by atoms with Gasteiger partial charge in [0.1, 0.15) is 6.10 Å². The minimum Gasteiger partial charge on any atom is -0.143 e. The monoisotopic (exact) mass is 189 g/mol. The molecule has 1 atom stereocenters. The van der Waals surface area contributed by atoms with Gasteiger partial charge >= 0.3 is 8.03 Å². The second-order valence-electron chi connectivity index (χ2n) is 3.51. The Morgan fingerprint density at radius 3 is 2.08 bits per heavy atom. The van der Waals surface area contributed by atoms with Gasteiger partial charge in [-0.15, -0.1) is 4.52 Å². The van der Waals surface area contributed by atoms with Gasteiger partial charge in [0.2, 0.25) is 0 Å². The van der Waals surface area contributed by atoms with Gasteiger partial charge in [-0.25, -0.2) is 0 Å². The van der Waals surface area contributed by atoms with Crippen LogP contribution in [0.5, 0.6) is 0 Å². The van der Waals surface area contributed by atoms with Crippen molar-refractivity contribution in [1.29, 1.82) is 0 Å². The molecule has 1 rings (SSSR count). The highest BCUT2D eigenvalue weighted by molar-refractivity contribution is 7.38. The van der Waals surface area contributed by atoms with E-state index in [1.807, 2.05) is 0 Å². The quantitative estimate of drug-likeness (QED) is 0.621. The zero-order valence-electron chi connectivity index (χ0n) is 7.79. The van der Waals surface area contributed by atoms with Crippen molar-refractivity contribution in [3.05, 3.63) is 0 Å². The van der Waals surface area contributed by atoms with Crippen molar-refractivity contribution in [2.75, 3.05) is 6.66 Å². The number of hydrogen-bond donors (Lipinski definition) is 0. The molecule has 0 N–H and O–H groups in total. The molecule has 0 aromatic heterocycles. The maximum absolute atomic E-state index is 10.8. The second kappa shape index (κ2) is 5.66. The molecular weight excluding hydrogens is 171 g/mol. The van der Waals surface area contributed by atoms with Gasteiger partial charge in [0, 0.05) is 0 Å². The van der Waals surface area contributed by atoms with Crippen LogP contribution in [-0.4, -0.2) is 12.8 Å². The molecule has 1 aliphatic carbocycles. The standard InChI is InChI=1S/C9H18O2P/c1-12(10)11-9-7-5-3-2-4-6-8-9/h9H,2-8H2,1H3/q+1. The van der Waals surface area contributed by atoms with Gasteiger partial charge < -0.3 is 0 Å². The largest absolute Gasteiger partial charge is 0.505 e. The first-order chi connectivity index (χ1) is 5.79. The maximum atomic E-state index is 10.8. The molecule has 3 heteroatoms. The van der Waals surface area contributed by atoms with E-state index in [1.54, 1.807) is 6.66 Å². The number of rotatable bonds is 2. The zero-order valence-corrected chi connectivity index (χ0v) is 8.69. The molecule has 1 fully saturated rings. The lowest BCUT2D eigenvalue weighted by Crippen LogP contribution is -2.10. The Balaban J connectivity index is 2.24. The third kappa shape index (κ3) is 4.18. The third-order valence-electron chi connectivity index (χ3n) is 2.35. The molecule has 1 aliphatic rings. The Labute approximate surface area is 75.6 Å². The van der Waals surface area contributed by atoms with Gasteiger partial charge in [-0.1, -0.05) is 32.1 Å². The summed E-state index contributed by atoms with van der Waals surface area (Å²) in [5.74, 6) is 0. The Bertz CT molecular complexity index is 139. The molecule has 1 unspecified atom stereocenters.